The highest BCUT2D eigenvalue weighted by molar-refractivity contribution is 5.80. The van der Waals surface area contributed by atoms with Crippen LogP contribution in [0.15, 0.2) is 5.16 Å². The molecule has 1 aliphatic rings. The molecule has 1 fully saturated rings. The Bertz CT molecular complexity index is 253. The van der Waals surface area contributed by atoms with Gasteiger partial charge in [-0.1, -0.05) is 25.9 Å². The molecule has 0 bridgehead atoms. The van der Waals surface area contributed by atoms with E-state index < -0.39 is 0 Å². The smallest absolute Gasteiger partial charge is 0.140 e. The van der Waals surface area contributed by atoms with Crippen LogP contribution >= 0.6 is 0 Å². The summed E-state index contributed by atoms with van der Waals surface area (Å²) in [4.78, 5) is 0. The van der Waals surface area contributed by atoms with Crippen LogP contribution in [0, 0.1) is 5.41 Å². The second-order valence-electron chi connectivity index (χ2n) is 6.01. The molecule has 0 aliphatic heterocycles. The molecule has 1 saturated carbocycles. The Morgan fingerprint density at radius 2 is 2.06 bits per heavy atom. The van der Waals surface area contributed by atoms with Crippen molar-refractivity contribution in [3.05, 3.63) is 0 Å². The topological polar surface area (TPSA) is 70.6 Å². The highest BCUT2D eigenvalue weighted by Crippen LogP contribution is 2.35. The number of nitrogens with one attached hydrogen (secondary N) is 1. The molecule has 0 aromatic carbocycles. The van der Waals surface area contributed by atoms with Crippen molar-refractivity contribution in [2.45, 2.75) is 71.4 Å². The molecule has 1 aliphatic carbocycles. The van der Waals surface area contributed by atoms with Gasteiger partial charge in [0.1, 0.15) is 5.84 Å². The number of nitrogens with zero attached hydrogens (tertiary/aromatic N) is 1. The third-order valence-corrected chi connectivity index (χ3v) is 3.89. The minimum absolute atomic E-state index is 0.320. The van der Waals surface area contributed by atoms with Crippen LogP contribution in [-0.2, 0) is 0 Å². The minimum atomic E-state index is 0.320. The summed E-state index contributed by atoms with van der Waals surface area (Å²) in [5, 5.41) is 15.3. The number of hydrogen-bond donors (Lipinski definition) is 3. The van der Waals surface area contributed by atoms with E-state index in [1.165, 1.54) is 25.7 Å². The van der Waals surface area contributed by atoms with Crippen molar-refractivity contribution >= 4 is 5.84 Å². The van der Waals surface area contributed by atoms with Gasteiger partial charge in [-0.15, -0.1) is 0 Å². The fraction of sp³-hybridized carbons (Fsp3) is 0.923. The molecule has 0 aromatic heterocycles. The van der Waals surface area contributed by atoms with Crippen molar-refractivity contribution in [1.82, 2.24) is 5.32 Å². The summed E-state index contributed by atoms with van der Waals surface area (Å²) in [5.74, 6) is 0.320. The van der Waals surface area contributed by atoms with Gasteiger partial charge in [-0.3, -0.25) is 0 Å². The zero-order valence-corrected chi connectivity index (χ0v) is 11.4. The van der Waals surface area contributed by atoms with Gasteiger partial charge in [0.05, 0.1) is 0 Å². The van der Waals surface area contributed by atoms with E-state index in [2.05, 4.69) is 31.2 Å². The summed E-state index contributed by atoms with van der Waals surface area (Å²) in [5.41, 5.74) is 6.06. The molecule has 17 heavy (non-hydrogen) atoms. The first-order chi connectivity index (χ1) is 7.96. The summed E-state index contributed by atoms with van der Waals surface area (Å²) in [6, 6.07) is 0.927. The lowest BCUT2D eigenvalue weighted by molar-refractivity contribution is 0.197. The third kappa shape index (κ3) is 4.94. The Morgan fingerprint density at radius 3 is 2.53 bits per heavy atom. The highest BCUT2D eigenvalue weighted by atomic mass is 16.4. The van der Waals surface area contributed by atoms with Crippen molar-refractivity contribution in [3.63, 3.8) is 0 Å². The summed E-state index contributed by atoms with van der Waals surface area (Å²) >= 11 is 0. The normalized spacial score (nSPS) is 23.6. The van der Waals surface area contributed by atoms with E-state index in [1.54, 1.807) is 0 Å². The van der Waals surface area contributed by atoms with Crippen LogP contribution < -0.4 is 11.1 Å². The molecular weight excluding hydrogens is 214 g/mol. The van der Waals surface area contributed by atoms with Gasteiger partial charge in [0, 0.05) is 18.5 Å². The van der Waals surface area contributed by atoms with Gasteiger partial charge in [-0.05, 0) is 37.5 Å². The van der Waals surface area contributed by atoms with Crippen LogP contribution in [0.4, 0.5) is 0 Å². The average molecular weight is 241 g/mol. The van der Waals surface area contributed by atoms with E-state index in [4.69, 9.17) is 10.9 Å². The standard InChI is InChI=1S/C13H27N3O/c1-4-10(9-12(14)16-17)15-11-5-7-13(2,3)8-6-11/h10-11,15,17H,4-9H2,1-3H3,(H2,14,16). The molecule has 1 atom stereocenters. The zero-order valence-electron chi connectivity index (χ0n) is 11.4. The monoisotopic (exact) mass is 241 g/mol. The maximum absolute atomic E-state index is 8.59. The maximum Gasteiger partial charge on any atom is 0.140 e. The van der Waals surface area contributed by atoms with Crippen molar-refractivity contribution < 1.29 is 5.21 Å². The Labute approximate surface area is 105 Å². The van der Waals surface area contributed by atoms with Crippen molar-refractivity contribution in [1.29, 1.82) is 0 Å². The minimum Gasteiger partial charge on any atom is -0.409 e. The van der Waals surface area contributed by atoms with E-state index in [-0.39, 0.29) is 0 Å². The number of hydrogen-bond acceptors (Lipinski definition) is 3. The Hall–Kier alpha value is -0.770. The quantitative estimate of drug-likeness (QED) is 0.300. The van der Waals surface area contributed by atoms with Crippen LogP contribution in [0.5, 0.6) is 0 Å². The summed E-state index contributed by atoms with van der Waals surface area (Å²) < 4.78 is 0. The van der Waals surface area contributed by atoms with Gasteiger partial charge < -0.3 is 16.3 Å². The average Bonchev–Trinajstić information content (AvgIpc) is 2.30. The van der Waals surface area contributed by atoms with E-state index in [9.17, 15) is 0 Å². The van der Waals surface area contributed by atoms with Gasteiger partial charge in [-0.25, -0.2) is 0 Å². The summed E-state index contributed by atoms with van der Waals surface area (Å²) in [6.45, 7) is 6.82. The molecule has 100 valence electrons. The number of oxime groups is 1. The molecular formula is C13H27N3O. The van der Waals surface area contributed by atoms with Gasteiger partial charge in [0.25, 0.3) is 0 Å². The van der Waals surface area contributed by atoms with Crippen LogP contribution in [0.25, 0.3) is 0 Å². The van der Waals surface area contributed by atoms with Gasteiger partial charge in [0.2, 0.25) is 0 Å². The van der Waals surface area contributed by atoms with Crippen LogP contribution in [0.2, 0.25) is 0 Å². The molecule has 4 N–H and O–H groups in total. The van der Waals surface area contributed by atoms with Crippen molar-refractivity contribution in [2.24, 2.45) is 16.3 Å². The number of nitrogens with two attached hydrogens (primary N) is 1. The summed E-state index contributed by atoms with van der Waals surface area (Å²) in [7, 11) is 0. The van der Waals surface area contributed by atoms with Gasteiger partial charge in [0.15, 0.2) is 0 Å². The second kappa shape index (κ2) is 6.24. The molecule has 0 radical (unpaired) electrons. The Balaban J connectivity index is 2.37. The highest BCUT2D eigenvalue weighted by Gasteiger charge is 2.27. The van der Waals surface area contributed by atoms with E-state index in [1.807, 2.05) is 0 Å². The zero-order chi connectivity index (χ0) is 12.9. The molecule has 0 saturated heterocycles. The van der Waals surface area contributed by atoms with Crippen molar-refractivity contribution in [3.8, 4) is 0 Å². The molecule has 0 amide bonds. The van der Waals surface area contributed by atoms with E-state index >= 15 is 0 Å². The Kier molecular flexibility index (Phi) is 5.25. The predicted molar refractivity (Wildman–Crippen MR) is 71.3 cm³/mol. The summed E-state index contributed by atoms with van der Waals surface area (Å²) in [6.07, 6.45) is 6.68. The van der Waals surface area contributed by atoms with Crippen LogP contribution in [0.1, 0.15) is 59.3 Å². The SMILES string of the molecule is CCC(CC(N)=NO)NC1CCC(C)(C)CC1. The molecule has 1 rings (SSSR count). The van der Waals surface area contributed by atoms with Crippen LogP contribution in [-0.4, -0.2) is 23.1 Å². The molecule has 4 heteroatoms. The molecule has 0 spiro atoms. The fourth-order valence-corrected chi connectivity index (χ4v) is 2.51. The maximum atomic E-state index is 8.59. The number of amidine groups is 1. The first kappa shape index (κ1) is 14.3. The third-order valence-electron chi connectivity index (χ3n) is 3.89. The Morgan fingerprint density at radius 1 is 1.47 bits per heavy atom. The lowest BCUT2D eigenvalue weighted by atomic mass is 9.75. The predicted octanol–water partition coefficient (Wildman–Crippen LogP) is 2.46. The molecule has 4 nitrogen and oxygen atoms in total. The fourth-order valence-electron chi connectivity index (χ4n) is 2.51. The molecule has 0 aromatic rings. The number of rotatable bonds is 5. The second-order valence-corrected chi connectivity index (χ2v) is 6.01. The van der Waals surface area contributed by atoms with E-state index in [0.717, 1.165) is 6.42 Å². The first-order valence-electron chi connectivity index (χ1n) is 6.69. The molecule has 1 unspecified atom stereocenters. The largest absolute Gasteiger partial charge is 0.409 e. The first-order valence-corrected chi connectivity index (χ1v) is 6.69. The van der Waals surface area contributed by atoms with Gasteiger partial charge >= 0.3 is 0 Å². The van der Waals surface area contributed by atoms with Gasteiger partial charge in [-0.2, -0.15) is 0 Å². The molecule has 0 heterocycles. The van der Waals surface area contributed by atoms with Crippen molar-refractivity contribution in [2.75, 3.05) is 0 Å². The van der Waals surface area contributed by atoms with E-state index in [0.29, 0.717) is 29.8 Å². The van der Waals surface area contributed by atoms with Crippen LogP contribution in [0.3, 0.4) is 0 Å². The lowest BCUT2D eigenvalue weighted by Gasteiger charge is -2.36. The lowest BCUT2D eigenvalue weighted by Crippen LogP contribution is -2.43.